The topological polar surface area (TPSA) is 110 Å². The summed E-state index contributed by atoms with van der Waals surface area (Å²) in [4.78, 5) is 22.1. The van der Waals surface area contributed by atoms with E-state index in [1.54, 1.807) is 0 Å². The number of carbonyl (C=O) groups is 2. The van der Waals surface area contributed by atoms with Crippen molar-refractivity contribution in [3.05, 3.63) is 35.4 Å². The summed E-state index contributed by atoms with van der Waals surface area (Å²) in [6.45, 7) is -0.505. The van der Waals surface area contributed by atoms with Crippen molar-refractivity contribution in [2.75, 3.05) is 13.0 Å². The van der Waals surface area contributed by atoms with Crippen LogP contribution < -0.4 is 4.72 Å². The third kappa shape index (κ3) is 4.52. The molecule has 0 aliphatic rings. The summed E-state index contributed by atoms with van der Waals surface area (Å²) in [6, 6.07) is 5.23. The molecule has 1 aromatic carbocycles. The fourth-order valence-electron chi connectivity index (χ4n) is 1.06. The Labute approximate surface area is 103 Å². The molecule has 0 aliphatic carbocycles. The molecule has 0 aliphatic heterocycles. The van der Waals surface area contributed by atoms with E-state index < -0.39 is 28.7 Å². The van der Waals surface area contributed by atoms with Gasteiger partial charge in [-0.05, 0) is 18.2 Å². The summed E-state index contributed by atoms with van der Waals surface area (Å²) in [6.07, 6.45) is 0.923. The molecule has 0 unspecified atom stereocenters. The van der Waals surface area contributed by atoms with Crippen LogP contribution >= 0.6 is 0 Å². The van der Waals surface area contributed by atoms with Gasteiger partial charge in [0.05, 0.1) is 17.4 Å². The average Bonchev–Trinajstić information content (AvgIpc) is 2.27. The minimum atomic E-state index is -3.44. The highest BCUT2D eigenvalue weighted by Gasteiger charge is 2.11. The second-order valence-electron chi connectivity index (χ2n) is 3.38. The van der Waals surface area contributed by atoms with Gasteiger partial charge in [-0.1, -0.05) is 6.07 Å². The number of aromatic carboxylic acids is 1. The van der Waals surface area contributed by atoms with Crippen LogP contribution in [0.1, 0.15) is 20.7 Å². The molecule has 98 valence electrons. The van der Waals surface area contributed by atoms with Crippen molar-refractivity contribution in [1.82, 2.24) is 4.72 Å². The number of rotatable bonds is 5. The Morgan fingerprint density at radius 3 is 2.50 bits per heavy atom. The predicted octanol–water partition coefficient (Wildman–Crippen LogP) is 0.0483. The van der Waals surface area contributed by atoms with Crippen LogP contribution in [0.4, 0.5) is 0 Å². The SMILES string of the molecule is CS(=O)(=O)NCOC(=O)c1cccc(C(=O)O)c1. The van der Waals surface area contributed by atoms with Crippen molar-refractivity contribution in [2.24, 2.45) is 0 Å². The number of ether oxygens (including phenoxy) is 1. The zero-order chi connectivity index (χ0) is 13.8. The van der Waals surface area contributed by atoms with Gasteiger partial charge in [-0.15, -0.1) is 0 Å². The lowest BCUT2D eigenvalue weighted by Crippen LogP contribution is -2.26. The third-order valence-corrected chi connectivity index (χ3v) is 2.51. The first kappa shape index (κ1) is 14.1. The Hall–Kier alpha value is -1.93. The molecule has 0 spiro atoms. The van der Waals surface area contributed by atoms with E-state index in [0.717, 1.165) is 12.3 Å². The van der Waals surface area contributed by atoms with Gasteiger partial charge in [0.1, 0.15) is 0 Å². The molecular formula is C10H11NO6S. The first-order valence-corrected chi connectivity index (χ1v) is 6.64. The highest BCUT2D eigenvalue weighted by atomic mass is 32.2. The number of carbonyl (C=O) groups excluding carboxylic acids is 1. The molecule has 2 N–H and O–H groups in total. The van der Waals surface area contributed by atoms with Gasteiger partial charge >= 0.3 is 11.9 Å². The van der Waals surface area contributed by atoms with Gasteiger partial charge < -0.3 is 9.84 Å². The van der Waals surface area contributed by atoms with Gasteiger partial charge in [-0.25, -0.2) is 18.0 Å². The standard InChI is InChI=1S/C10H11NO6S/c1-18(15,16)11-6-17-10(14)8-4-2-3-7(5-8)9(12)13/h2-5,11H,6H2,1H3,(H,12,13). The maximum Gasteiger partial charge on any atom is 0.339 e. The van der Waals surface area contributed by atoms with E-state index in [1.165, 1.54) is 18.2 Å². The van der Waals surface area contributed by atoms with E-state index in [2.05, 4.69) is 4.74 Å². The van der Waals surface area contributed by atoms with Crippen LogP contribution in [0.2, 0.25) is 0 Å². The molecular weight excluding hydrogens is 262 g/mol. The maximum atomic E-state index is 11.5. The maximum absolute atomic E-state index is 11.5. The summed E-state index contributed by atoms with van der Waals surface area (Å²) >= 11 is 0. The van der Waals surface area contributed by atoms with Crippen LogP contribution in [0.3, 0.4) is 0 Å². The van der Waals surface area contributed by atoms with E-state index in [1.807, 2.05) is 4.72 Å². The second-order valence-corrected chi connectivity index (χ2v) is 5.21. The van der Waals surface area contributed by atoms with Crippen molar-refractivity contribution >= 4 is 22.0 Å². The molecule has 0 heterocycles. The molecule has 18 heavy (non-hydrogen) atoms. The highest BCUT2D eigenvalue weighted by molar-refractivity contribution is 7.88. The van der Waals surface area contributed by atoms with Gasteiger partial charge in [0, 0.05) is 0 Å². The number of carboxylic acid groups (broad SMARTS) is 1. The zero-order valence-corrected chi connectivity index (χ0v) is 10.2. The van der Waals surface area contributed by atoms with Crippen molar-refractivity contribution < 1.29 is 27.9 Å². The van der Waals surface area contributed by atoms with Crippen molar-refractivity contribution in [2.45, 2.75) is 0 Å². The number of sulfonamides is 1. The molecule has 0 radical (unpaired) electrons. The lowest BCUT2D eigenvalue weighted by atomic mass is 10.1. The van der Waals surface area contributed by atoms with Gasteiger partial charge in [-0.2, -0.15) is 4.72 Å². The van der Waals surface area contributed by atoms with Gasteiger partial charge in [0.15, 0.2) is 6.73 Å². The molecule has 0 aromatic heterocycles. The number of esters is 1. The number of carboxylic acids is 1. The molecule has 0 bridgehead atoms. The third-order valence-electron chi connectivity index (χ3n) is 1.87. The second kappa shape index (κ2) is 5.61. The van der Waals surface area contributed by atoms with Gasteiger partial charge in [0.2, 0.25) is 10.0 Å². The molecule has 7 nitrogen and oxygen atoms in total. The summed E-state index contributed by atoms with van der Waals surface area (Å²) in [5.74, 6) is -1.98. The Kier molecular flexibility index (Phi) is 4.40. The zero-order valence-electron chi connectivity index (χ0n) is 9.41. The smallest absolute Gasteiger partial charge is 0.339 e. The molecule has 0 saturated heterocycles. The van der Waals surface area contributed by atoms with Crippen molar-refractivity contribution in [3.63, 3.8) is 0 Å². The Morgan fingerprint density at radius 1 is 1.33 bits per heavy atom. The lowest BCUT2D eigenvalue weighted by Gasteiger charge is -2.05. The molecule has 1 aromatic rings. The number of benzene rings is 1. The molecule has 0 atom stereocenters. The quantitative estimate of drug-likeness (QED) is 0.579. The van der Waals surface area contributed by atoms with Crippen molar-refractivity contribution in [1.29, 1.82) is 0 Å². The van der Waals surface area contributed by atoms with Crippen LogP contribution in [0, 0.1) is 0 Å². The monoisotopic (exact) mass is 273 g/mol. The molecule has 0 fully saturated rings. The first-order chi connectivity index (χ1) is 8.29. The van der Waals surface area contributed by atoms with E-state index >= 15 is 0 Å². The number of nitrogens with one attached hydrogen (secondary N) is 1. The molecule has 0 amide bonds. The summed E-state index contributed by atoms with van der Waals surface area (Å²) < 4.78 is 28.0. The van der Waals surface area contributed by atoms with Crippen LogP contribution in [0.15, 0.2) is 24.3 Å². The van der Waals surface area contributed by atoms with Crippen LogP contribution in [0.25, 0.3) is 0 Å². The minimum absolute atomic E-state index is 0.0326. The normalized spacial score (nSPS) is 10.9. The van der Waals surface area contributed by atoms with E-state index in [9.17, 15) is 18.0 Å². The summed E-state index contributed by atoms with van der Waals surface area (Å²) in [5, 5.41) is 8.73. The predicted molar refractivity (Wildman–Crippen MR) is 61.7 cm³/mol. The Balaban J connectivity index is 2.67. The van der Waals surface area contributed by atoms with Gasteiger partial charge in [0.25, 0.3) is 0 Å². The Bertz CT molecular complexity index is 565. The fraction of sp³-hybridized carbons (Fsp3) is 0.200. The van der Waals surface area contributed by atoms with Crippen molar-refractivity contribution in [3.8, 4) is 0 Å². The van der Waals surface area contributed by atoms with Crippen LogP contribution in [-0.2, 0) is 14.8 Å². The van der Waals surface area contributed by atoms with Crippen LogP contribution in [0.5, 0.6) is 0 Å². The highest BCUT2D eigenvalue weighted by Crippen LogP contribution is 2.06. The Morgan fingerprint density at radius 2 is 1.94 bits per heavy atom. The first-order valence-electron chi connectivity index (χ1n) is 4.75. The van der Waals surface area contributed by atoms with Crippen LogP contribution in [-0.4, -0.2) is 38.4 Å². The minimum Gasteiger partial charge on any atom is -0.478 e. The molecule has 0 saturated carbocycles. The fourth-order valence-corrected chi connectivity index (χ4v) is 1.34. The average molecular weight is 273 g/mol. The number of hydrogen-bond donors (Lipinski definition) is 2. The molecule has 8 heteroatoms. The van der Waals surface area contributed by atoms with E-state index in [-0.39, 0.29) is 11.1 Å². The number of hydrogen-bond acceptors (Lipinski definition) is 5. The van der Waals surface area contributed by atoms with Gasteiger partial charge in [-0.3, -0.25) is 0 Å². The summed E-state index contributed by atoms with van der Waals surface area (Å²) in [5.41, 5.74) is -0.0225. The largest absolute Gasteiger partial charge is 0.478 e. The van der Waals surface area contributed by atoms with E-state index in [0.29, 0.717) is 0 Å². The summed E-state index contributed by atoms with van der Waals surface area (Å²) in [7, 11) is -3.44. The van der Waals surface area contributed by atoms with E-state index in [4.69, 9.17) is 5.11 Å². The molecule has 1 rings (SSSR count). The lowest BCUT2D eigenvalue weighted by molar-refractivity contribution is 0.0499.